The summed E-state index contributed by atoms with van der Waals surface area (Å²) in [5.41, 5.74) is -0.389. The van der Waals surface area contributed by atoms with Crippen LogP contribution >= 0.6 is 15.9 Å². The molecule has 1 saturated heterocycles. The van der Waals surface area contributed by atoms with E-state index in [0.717, 1.165) is 16.9 Å². The molecule has 0 radical (unpaired) electrons. The Labute approximate surface area is 156 Å². The van der Waals surface area contributed by atoms with Crippen LogP contribution in [0.3, 0.4) is 0 Å². The zero-order chi connectivity index (χ0) is 18.7. The molecule has 3 rings (SSSR count). The van der Waals surface area contributed by atoms with Crippen LogP contribution in [0.15, 0.2) is 41.1 Å². The predicted molar refractivity (Wildman–Crippen MR) is 93.9 cm³/mol. The first-order chi connectivity index (χ1) is 12.3. The van der Waals surface area contributed by atoms with Gasteiger partial charge in [0, 0.05) is 35.2 Å². The second-order valence-electron chi connectivity index (χ2n) is 6.00. The maximum absolute atomic E-state index is 12.8. The van der Waals surface area contributed by atoms with Crippen LogP contribution in [-0.2, 0) is 6.18 Å². The number of halogens is 4. The number of nitrogens with zero attached hydrogens (tertiary/aromatic N) is 3. The lowest BCUT2D eigenvalue weighted by Gasteiger charge is -2.33. The molecule has 26 heavy (non-hydrogen) atoms. The van der Waals surface area contributed by atoms with Crippen molar-refractivity contribution in [3.63, 3.8) is 0 Å². The molecule has 0 unspecified atom stereocenters. The van der Waals surface area contributed by atoms with Crippen molar-refractivity contribution in [1.82, 2.24) is 15.3 Å². The van der Waals surface area contributed by atoms with Gasteiger partial charge in [0.15, 0.2) is 0 Å². The van der Waals surface area contributed by atoms with E-state index in [1.54, 1.807) is 23.1 Å². The summed E-state index contributed by atoms with van der Waals surface area (Å²) in [7, 11) is 0. The van der Waals surface area contributed by atoms with Crippen LogP contribution in [0.2, 0.25) is 0 Å². The van der Waals surface area contributed by atoms with Gasteiger partial charge >= 0.3 is 6.18 Å². The number of piperidine rings is 1. The van der Waals surface area contributed by atoms with Crippen molar-refractivity contribution >= 4 is 27.7 Å². The topological polar surface area (TPSA) is 58.1 Å². The Morgan fingerprint density at radius 3 is 2.58 bits per heavy atom. The van der Waals surface area contributed by atoms with Gasteiger partial charge in [-0.25, -0.2) is 9.97 Å². The van der Waals surface area contributed by atoms with Crippen molar-refractivity contribution in [3.8, 4) is 0 Å². The fourth-order valence-electron chi connectivity index (χ4n) is 2.83. The summed E-state index contributed by atoms with van der Waals surface area (Å²) in [6.45, 7) is 1.02. The van der Waals surface area contributed by atoms with Gasteiger partial charge in [-0.15, -0.1) is 0 Å². The van der Waals surface area contributed by atoms with Crippen molar-refractivity contribution in [2.75, 3.05) is 18.0 Å². The zero-order valence-electron chi connectivity index (χ0n) is 13.6. The first-order valence-electron chi connectivity index (χ1n) is 8.03. The largest absolute Gasteiger partial charge is 0.433 e. The molecule has 1 fully saturated rings. The van der Waals surface area contributed by atoms with Crippen LogP contribution in [0.4, 0.5) is 19.0 Å². The number of carbonyl (C=O) groups excluding carboxylic acids is 1. The average molecular weight is 429 g/mol. The number of nitrogens with one attached hydrogen (secondary N) is 1. The molecule has 0 spiro atoms. The molecule has 1 aliphatic heterocycles. The van der Waals surface area contributed by atoms with Gasteiger partial charge in [-0.2, -0.15) is 13.2 Å². The van der Waals surface area contributed by atoms with Crippen molar-refractivity contribution < 1.29 is 18.0 Å². The van der Waals surface area contributed by atoms with Crippen LogP contribution in [0.1, 0.15) is 28.9 Å². The van der Waals surface area contributed by atoms with Crippen LogP contribution in [0.5, 0.6) is 0 Å². The number of hydrogen-bond donors (Lipinski definition) is 1. The standard InChI is InChI=1S/C17H16BrF3N4O/c18-12-3-1-2-11(8-12)16(26)24-13-4-6-25(7-5-13)15-9-14(17(19,20)21)22-10-23-15/h1-3,8-10,13H,4-7H2,(H,24,26). The smallest absolute Gasteiger partial charge is 0.356 e. The molecule has 0 aliphatic carbocycles. The Hall–Kier alpha value is -2.16. The van der Waals surface area contributed by atoms with Crippen LogP contribution in [0, 0.1) is 0 Å². The van der Waals surface area contributed by atoms with Crippen LogP contribution in [-0.4, -0.2) is 35.0 Å². The minimum Gasteiger partial charge on any atom is -0.356 e. The Morgan fingerprint density at radius 2 is 1.92 bits per heavy atom. The zero-order valence-corrected chi connectivity index (χ0v) is 15.2. The summed E-state index contributed by atoms with van der Waals surface area (Å²) in [6.07, 6.45) is -2.30. The van der Waals surface area contributed by atoms with E-state index in [0.29, 0.717) is 31.5 Å². The monoisotopic (exact) mass is 428 g/mol. The lowest BCUT2D eigenvalue weighted by molar-refractivity contribution is -0.141. The van der Waals surface area contributed by atoms with Gasteiger partial charge in [-0.1, -0.05) is 22.0 Å². The van der Waals surface area contributed by atoms with Gasteiger partial charge in [0.1, 0.15) is 17.8 Å². The summed E-state index contributed by atoms with van der Waals surface area (Å²) >= 11 is 3.33. The molecule has 138 valence electrons. The molecule has 5 nitrogen and oxygen atoms in total. The maximum atomic E-state index is 12.8. The number of carbonyl (C=O) groups is 1. The highest BCUT2D eigenvalue weighted by atomic mass is 79.9. The summed E-state index contributed by atoms with van der Waals surface area (Å²) in [6, 6.07) is 8.03. The molecule has 0 saturated carbocycles. The van der Waals surface area contributed by atoms with E-state index in [4.69, 9.17) is 0 Å². The fourth-order valence-corrected chi connectivity index (χ4v) is 3.23. The minimum atomic E-state index is -4.49. The first kappa shape index (κ1) is 18.6. The van der Waals surface area contributed by atoms with E-state index in [1.165, 1.54) is 0 Å². The van der Waals surface area contributed by atoms with Gasteiger partial charge in [-0.05, 0) is 31.0 Å². The number of alkyl halides is 3. The number of benzene rings is 1. The molecule has 2 aromatic rings. The molecule has 2 heterocycles. The van der Waals surface area contributed by atoms with Gasteiger partial charge in [-0.3, -0.25) is 4.79 Å². The van der Waals surface area contributed by atoms with Crippen molar-refractivity contribution in [3.05, 3.63) is 52.4 Å². The highest BCUT2D eigenvalue weighted by Crippen LogP contribution is 2.29. The van der Waals surface area contributed by atoms with Crippen molar-refractivity contribution in [2.24, 2.45) is 0 Å². The van der Waals surface area contributed by atoms with E-state index in [1.807, 2.05) is 6.07 Å². The SMILES string of the molecule is O=C(NC1CCN(c2cc(C(F)(F)F)ncn2)CC1)c1cccc(Br)c1. The van der Waals surface area contributed by atoms with E-state index in [2.05, 4.69) is 31.2 Å². The third-order valence-electron chi connectivity index (χ3n) is 4.18. The van der Waals surface area contributed by atoms with E-state index in [9.17, 15) is 18.0 Å². The molecule has 9 heteroatoms. The number of rotatable bonds is 3. The third-order valence-corrected chi connectivity index (χ3v) is 4.68. The second-order valence-corrected chi connectivity index (χ2v) is 6.92. The minimum absolute atomic E-state index is 0.0262. The highest BCUT2D eigenvalue weighted by Gasteiger charge is 2.33. The van der Waals surface area contributed by atoms with Gasteiger partial charge in [0.2, 0.25) is 0 Å². The first-order valence-corrected chi connectivity index (χ1v) is 8.83. The number of aromatic nitrogens is 2. The highest BCUT2D eigenvalue weighted by molar-refractivity contribution is 9.10. The Morgan fingerprint density at radius 1 is 1.19 bits per heavy atom. The van der Waals surface area contributed by atoms with Crippen molar-refractivity contribution in [1.29, 1.82) is 0 Å². The van der Waals surface area contributed by atoms with Crippen LogP contribution in [0.25, 0.3) is 0 Å². The molecular weight excluding hydrogens is 413 g/mol. The van der Waals surface area contributed by atoms with Gasteiger partial charge in [0.05, 0.1) is 0 Å². The second kappa shape index (κ2) is 7.61. The van der Waals surface area contributed by atoms with E-state index >= 15 is 0 Å². The summed E-state index contributed by atoms with van der Waals surface area (Å²) in [4.78, 5) is 21.3. The van der Waals surface area contributed by atoms with E-state index in [-0.39, 0.29) is 17.8 Å². The molecule has 0 bridgehead atoms. The Kier molecular flexibility index (Phi) is 5.45. The quantitative estimate of drug-likeness (QED) is 0.810. The summed E-state index contributed by atoms with van der Waals surface area (Å²) < 4.78 is 39.1. The molecule has 1 aromatic heterocycles. The summed E-state index contributed by atoms with van der Waals surface area (Å²) in [5.74, 6) is 0.0928. The van der Waals surface area contributed by atoms with Gasteiger partial charge < -0.3 is 10.2 Å². The predicted octanol–water partition coefficient (Wildman–Crippen LogP) is 3.66. The normalized spacial score (nSPS) is 15.8. The lowest BCUT2D eigenvalue weighted by Crippen LogP contribution is -2.45. The molecule has 1 N–H and O–H groups in total. The Bertz CT molecular complexity index is 792. The van der Waals surface area contributed by atoms with Crippen molar-refractivity contribution in [2.45, 2.75) is 25.1 Å². The maximum Gasteiger partial charge on any atom is 0.433 e. The average Bonchev–Trinajstić information content (AvgIpc) is 2.62. The molecule has 0 atom stereocenters. The molecule has 1 aromatic carbocycles. The molecule has 1 aliphatic rings. The Balaban J connectivity index is 1.58. The fraction of sp³-hybridized carbons (Fsp3) is 0.353. The number of anilines is 1. The lowest BCUT2D eigenvalue weighted by atomic mass is 10.0. The van der Waals surface area contributed by atoms with E-state index < -0.39 is 11.9 Å². The van der Waals surface area contributed by atoms with Crippen LogP contribution < -0.4 is 10.2 Å². The number of amides is 1. The number of hydrogen-bond acceptors (Lipinski definition) is 4. The summed E-state index contributed by atoms with van der Waals surface area (Å²) in [5, 5.41) is 2.97. The van der Waals surface area contributed by atoms with Gasteiger partial charge in [0.25, 0.3) is 5.91 Å². The molecule has 1 amide bonds. The molecular formula is C17H16BrF3N4O. The third kappa shape index (κ3) is 4.51.